The molecule has 0 atom stereocenters. The minimum absolute atomic E-state index is 0.754. The molecule has 0 bridgehead atoms. The number of fused-ring (bicyclic) bond motifs is 3. The SMILES string of the molecule is Clc1ccc2[nH]c3ccc(Nc4ccccc4)cc3c2c1. The lowest BCUT2D eigenvalue weighted by molar-refractivity contribution is 1.53. The van der Waals surface area contributed by atoms with Crippen LogP contribution in [0, 0.1) is 0 Å². The first-order valence-electron chi connectivity index (χ1n) is 6.83. The summed E-state index contributed by atoms with van der Waals surface area (Å²) < 4.78 is 0. The van der Waals surface area contributed by atoms with Gasteiger partial charge in [0, 0.05) is 38.2 Å². The largest absolute Gasteiger partial charge is 0.356 e. The zero-order chi connectivity index (χ0) is 14.2. The number of hydrogen-bond acceptors (Lipinski definition) is 1. The fourth-order valence-electron chi connectivity index (χ4n) is 2.64. The number of halogens is 1. The molecule has 4 rings (SSSR count). The topological polar surface area (TPSA) is 27.8 Å². The number of rotatable bonds is 2. The molecule has 2 nitrogen and oxygen atoms in total. The van der Waals surface area contributed by atoms with Crippen molar-refractivity contribution < 1.29 is 0 Å². The van der Waals surface area contributed by atoms with Crippen LogP contribution in [0.2, 0.25) is 5.02 Å². The molecule has 3 heteroatoms. The van der Waals surface area contributed by atoms with Gasteiger partial charge in [0.05, 0.1) is 0 Å². The molecule has 0 spiro atoms. The molecule has 0 amide bonds. The van der Waals surface area contributed by atoms with E-state index in [2.05, 4.69) is 40.6 Å². The molecule has 0 aliphatic heterocycles. The highest BCUT2D eigenvalue weighted by atomic mass is 35.5. The molecule has 2 N–H and O–H groups in total. The molecule has 0 saturated heterocycles. The van der Waals surface area contributed by atoms with Crippen LogP contribution < -0.4 is 5.32 Å². The third-order valence-corrected chi connectivity index (χ3v) is 3.86. The Morgan fingerprint density at radius 1 is 0.714 bits per heavy atom. The fraction of sp³-hybridized carbons (Fsp3) is 0. The Morgan fingerprint density at radius 2 is 1.43 bits per heavy atom. The Morgan fingerprint density at radius 3 is 2.24 bits per heavy atom. The van der Waals surface area contributed by atoms with Gasteiger partial charge in [-0.15, -0.1) is 0 Å². The molecular weight excluding hydrogens is 280 g/mol. The number of hydrogen-bond donors (Lipinski definition) is 2. The van der Waals surface area contributed by atoms with Crippen molar-refractivity contribution >= 4 is 44.8 Å². The van der Waals surface area contributed by atoms with Crippen LogP contribution in [0.25, 0.3) is 21.8 Å². The van der Waals surface area contributed by atoms with Crippen LogP contribution in [-0.4, -0.2) is 4.98 Å². The third kappa shape index (κ3) is 2.24. The summed E-state index contributed by atoms with van der Waals surface area (Å²) in [6.45, 7) is 0. The molecule has 0 fully saturated rings. The quantitative estimate of drug-likeness (QED) is 0.486. The summed E-state index contributed by atoms with van der Waals surface area (Å²) in [6, 6.07) is 22.4. The smallest absolute Gasteiger partial charge is 0.0466 e. The summed E-state index contributed by atoms with van der Waals surface area (Å²) in [5.41, 5.74) is 4.36. The van der Waals surface area contributed by atoms with E-state index >= 15 is 0 Å². The van der Waals surface area contributed by atoms with E-state index in [1.165, 1.54) is 5.39 Å². The first-order valence-corrected chi connectivity index (χ1v) is 7.20. The van der Waals surface area contributed by atoms with Gasteiger partial charge in [-0.05, 0) is 48.5 Å². The van der Waals surface area contributed by atoms with Crippen LogP contribution >= 0.6 is 11.6 Å². The van der Waals surface area contributed by atoms with Crippen LogP contribution in [-0.2, 0) is 0 Å². The van der Waals surface area contributed by atoms with E-state index in [4.69, 9.17) is 11.6 Å². The lowest BCUT2D eigenvalue weighted by Gasteiger charge is -2.06. The summed E-state index contributed by atoms with van der Waals surface area (Å²) in [7, 11) is 0. The van der Waals surface area contributed by atoms with Gasteiger partial charge in [-0.3, -0.25) is 0 Å². The standard InChI is InChI=1S/C18H13ClN2/c19-12-6-8-17-15(10-12)16-11-14(7-9-18(16)21-17)20-13-4-2-1-3-5-13/h1-11,20-21H. The van der Waals surface area contributed by atoms with E-state index in [1.807, 2.05) is 36.4 Å². The Labute approximate surface area is 127 Å². The van der Waals surface area contributed by atoms with Gasteiger partial charge >= 0.3 is 0 Å². The van der Waals surface area contributed by atoms with Crippen molar-refractivity contribution in [2.75, 3.05) is 5.32 Å². The van der Waals surface area contributed by atoms with Gasteiger partial charge in [-0.1, -0.05) is 29.8 Å². The monoisotopic (exact) mass is 292 g/mol. The highest BCUT2D eigenvalue weighted by molar-refractivity contribution is 6.31. The van der Waals surface area contributed by atoms with Crippen molar-refractivity contribution in [1.29, 1.82) is 0 Å². The van der Waals surface area contributed by atoms with Gasteiger partial charge in [-0.25, -0.2) is 0 Å². The van der Waals surface area contributed by atoms with E-state index in [0.29, 0.717) is 0 Å². The zero-order valence-electron chi connectivity index (χ0n) is 11.2. The van der Waals surface area contributed by atoms with Crippen molar-refractivity contribution in [3.8, 4) is 0 Å². The molecule has 1 heterocycles. The van der Waals surface area contributed by atoms with Crippen molar-refractivity contribution in [1.82, 2.24) is 4.98 Å². The van der Waals surface area contributed by atoms with Gasteiger partial charge in [0.1, 0.15) is 0 Å². The van der Waals surface area contributed by atoms with Crippen LogP contribution in [0.15, 0.2) is 66.7 Å². The van der Waals surface area contributed by atoms with Gasteiger partial charge in [0.2, 0.25) is 0 Å². The van der Waals surface area contributed by atoms with Crippen LogP contribution in [0.1, 0.15) is 0 Å². The van der Waals surface area contributed by atoms with Gasteiger partial charge in [0.25, 0.3) is 0 Å². The highest BCUT2D eigenvalue weighted by Gasteiger charge is 2.06. The highest BCUT2D eigenvalue weighted by Crippen LogP contribution is 2.30. The molecule has 0 aliphatic rings. The zero-order valence-corrected chi connectivity index (χ0v) is 12.0. The lowest BCUT2D eigenvalue weighted by Crippen LogP contribution is -1.88. The molecule has 0 radical (unpaired) electrons. The van der Waals surface area contributed by atoms with E-state index in [1.54, 1.807) is 0 Å². The minimum Gasteiger partial charge on any atom is -0.356 e. The maximum absolute atomic E-state index is 6.12. The number of aromatic amines is 1. The number of nitrogens with one attached hydrogen (secondary N) is 2. The van der Waals surface area contributed by atoms with Crippen molar-refractivity contribution in [3.05, 3.63) is 71.8 Å². The number of benzene rings is 3. The van der Waals surface area contributed by atoms with Gasteiger partial charge in [0.15, 0.2) is 0 Å². The van der Waals surface area contributed by atoms with E-state index in [0.717, 1.165) is 32.8 Å². The molecular formula is C18H13ClN2. The Bertz CT molecular complexity index is 926. The number of aromatic nitrogens is 1. The second-order valence-electron chi connectivity index (χ2n) is 5.07. The van der Waals surface area contributed by atoms with E-state index < -0.39 is 0 Å². The lowest BCUT2D eigenvalue weighted by atomic mass is 10.1. The van der Waals surface area contributed by atoms with Crippen LogP contribution in [0.3, 0.4) is 0 Å². The molecule has 0 aliphatic carbocycles. The van der Waals surface area contributed by atoms with Crippen molar-refractivity contribution in [2.24, 2.45) is 0 Å². The molecule has 0 saturated carbocycles. The van der Waals surface area contributed by atoms with Crippen LogP contribution in [0.5, 0.6) is 0 Å². The van der Waals surface area contributed by atoms with Crippen molar-refractivity contribution in [3.63, 3.8) is 0 Å². The number of para-hydroxylation sites is 1. The number of anilines is 2. The molecule has 3 aromatic carbocycles. The molecule has 102 valence electrons. The van der Waals surface area contributed by atoms with Gasteiger partial charge < -0.3 is 10.3 Å². The second-order valence-corrected chi connectivity index (χ2v) is 5.50. The molecule has 21 heavy (non-hydrogen) atoms. The third-order valence-electron chi connectivity index (χ3n) is 3.62. The van der Waals surface area contributed by atoms with E-state index in [9.17, 15) is 0 Å². The fourth-order valence-corrected chi connectivity index (χ4v) is 2.81. The summed E-state index contributed by atoms with van der Waals surface area (Å²) >= 11 is 6.12. The van der Waals surface area contributed by atoms with E-state index in [-0.39, 0.29) is 0 Å². The molecule has 0 unspecified atom stereocenters. The Balaban J connectivity index is 1.85. The first-order chi connectivity index (χ1) is 10.3. The minimum atomic E-state index is 0.754. The van der Waals surface area contributed by atoms with Crippen molar-refractivity contribution in [2.45, 2.75) is 0 Å². The number of H-pyrrole nitrogens is 1. The van der Waals surface area contributed by atoms with Gasteiger partial charge in [-0.2, -0.15) is 0 Å². The maximum Gasteiger partial charge on any atom is 0.0466 e. The Hall–Kier alpha value is -2.45. The normalized spacial score (nSPS) is 11.1. The summed E-state index contributed by atoms with van der Waals surface area (Å²) in [5.74, 6) is 0. The van der Waals surface area contributed by atoms with Crippen LogP contribution in [0.4, 0.5) is 11.4 Å². The average Bonchev–Trinajstić information content (AvgIpc) is 2.86. The Kier molecular flexibility index (Phi) is 2.83. The average molecular weight is 293 g/mol. The predicted octanol–water partition coefficient (Wildman–Crippen LogP) is 5.72. The molecule has 4 aromatic rings. The summed E-state index contributed by atoms with van der Waals surface area (Å²) in [5, 5.41) is 6.49. The predicted molar refractivity (Wildman–Crippen MR) is 90.5 cm³/mol. The summed E-state index contributed by atoms with van der Waals surface area (Å²) in [6.07, 6.45) is 0. The second kappa shape index (κ2) is 4.83. The first kappa shape index (κ1) is 12.3. The summed E-state index contributed by atoms with van der Waals surface area (Å²) in [4.78, 5) is 3.41. The maximum atomic E-state index is 6.12. The molecule has 1 aromatic heterocycles.